The summed E-state index contributed by atoms with van der Waals surface area (Å²) in [5.74, 6) is 1.58. The summed E-state index contributed by atoms with van der Waals surface area (Å²) in [5, 5.41) is 6.74. The number of aryl methyl sites for hydroxylation is 1. The Morgan fingerprint density at radius 2 is 1.91 bits per heavy atom. The molecule has 7 nitrogen and oxygen atoms in total. The molecule has 32 heavy (non-hydrogen) atoms. The lowest BCUT2D eigenvalue weighted by Gasteiger charge is -2.30. The zero-order valence-electron chi connectivity index (χ0n) is 18.2. The van der Waals surface area contributed by atoms with E-state index in [9.17, 15) is 13.2 Å². The van der Waals surface area contributed by atoms with Gasteiger partial charge >= 0.3 is 6.18 Å². The number of nitrogens with zero attached hydrogens (tertiary/aromatic N) is 5. The zero-order valence-corrected chi connectivity index (χ0v) is 18.2. The summed E-state index contributed by atoms with van der Waals surface area (Å²) >= 11 is 0. The number of rotatable bonds is 4. The summed E-state index contributed by atoms with van der Waals surface area (Å²) < 4.78 is 40.6. The molecular formula is C22H26F3N7. The van der Waals surface area contributed by atoms with Crippen molar-refractivity contribution in [3.8, 4) is 0 Å². The molecule has 1 fully saturated rings. The van der Waals surface area contributed by atoms with E-state index in [0.717, 1.165) is 28.9 Å². The Bertz CT molecular complexity index is 1030. The minimum Gasteiger partial charge on any atom is -0.355 e. The molecule has 0 aromatic carbocycles. The first-order valence-corrected chi connectivity index (χ1v) is 10.6. The summed E-state index contributed by atoms with van der Waals surface area (Å²) in [5.41, 5.74) is 1.95. The Morgan fingerprint density at radius 1 is 1.12 bits per heavy atom. The number of aromatic nitrogens is 3. The van der Waals surface area contributed by atoms with E-state index in [2.05, 4.69) is 39.4 Å². The molecule has 10 heteroatoms. The van der Waals surface area contributed by atoms with Crippen molar-refractivity contribution in [1.29, 1.82) is 0 Å². The lowest BCUT2D eigenvalue weighted by Crippen LogP contribution is -2.40. The second-order valence-electron chi connectivity index (χ2n) is 8.29. The van der Waals surface area contributed by atoms with Crippen molar-refractivity contribution < 1.29 is 13.2 Å². The summed E-state index contributed by atoms with van der Waals surface area (Å²) in [6.45, 7) is 6.81. The van der Waals surface area contributed by atoms with Gasteiger partial charge in [0.25, 0.3) is 0 Å². The van der Waals surface area contributed by atoms with Crippen LogP contribution >= 0.6 is 0 Å². The third-order valence-corrected chi connectivity index (χ3v) is 5.54. The number of alkyl halides is 3. The first-order valence-electron chi connectivity index (χ1n) is 10.6. The molecule has 1 saturated heterocycles. The van der Waals surface area contributed by atoms with E-state index in [1.54, 1.807) is 17.3 Å². The molecule has 0 radical (unpaired) electrons. The van der Waals surface area contributed by atoms with Gasteiger partial charge in [-0.15, -0.1) is 0 Å². The molecule has 2 aliphatic rings. The molecule has 0 spiro atoms. The van der Waals surface area contributed by atoms with E-state index in [0.29, 0.717) is 31.7 Å². The third kappa shape index (κ3) is 4.68. The maximum absolute atomic E-state index is 13.5. The van der Waals surface area contributed by atoms with Crippen LogP contribution in [0.3, 0.4) is 0 Å². The number of fused-ring (bicyclic) bond motifs is 1. The van der Waals surface area contributed by atoms with E-state index in [-0.39, 0.29) is 17.9 Å². The van der Waals surface area contributed by atoms with Crippen LogP contribution in [0.4, 0.5) is 24.8 Å². The van der Waals surface area contributed by atoms with Crippen molar-refractivity contribution >= 4 is 17.3 Å². The number of halogens is 3. The standard InChI is InChI=1S/C22H26F3N7/c1-13(2)19-29-17-7-10-32(21-16(22(23,24)25)5-4-8-26-21)9-6-15(17)20(31-19)30-18-12-27-14(3)11-28-18/h4-5,8,11-13,19,31H,6-7,9-10H2,1-3H3,(H,28,30). The van der Waals surface area contributed by atoms with Crippen LogP contribution in [0.25, 0.3) is 0 Å². The molecular weight excluding hydrogens is 419 g/mol. The molecule has 4 rings (SSSR count). The number of pyridine rings is 1. The van der Waals surface area contributed by atoms with Gasteiger partial charge in [0.1, 0.15) is 23.6 Å². The van der Waals surface area contributed by atoms with Gasteiger partial charge < -0.3 is 15.5 Å². The van der Waals surface area contributed by atoms with Crippen LogP contribution in [0.5, 0.6) is 0 Å². The quantitative estimate of drug-likeness (QED) is 0.736. The fourth-order valence-electron chi connectivity index (χ4n) is 3.84. The maximum Gasteiger partial charge on any atom is 0.419 e. The molecule has 1 atom stereocenters. The normalized spacial score (nSPS) is 19.3. The van der Waals surface area contributed by atoms with Crippen molar-refractivity contribution in [3.63, 3.8) is 0 Å². The van der Waals surface area contributed by atoms with Crippen molar-refractivity contribution in [3.05, 3.63) is 53.4 Å². The van der Waals surface area contributed by atoms with Gasteiger partial charge in [0, 0.05) is 37.0 Å². The van der Waals surface area contributed by atoms with Crippen LogP contribution in [0.1, 0.15) is 37.9 Å². The molecule has 170 valence electrons. The fourth-order valence-corrected chi connectivity index (χ4v) is 3.84. The van der Waals surface area contributed by atoms with Crippen molar-refractivity contribution in [2.24, 2.45) is 10.9 Å². The van der Waals surface area contributed by atoms with Gasteiger partial charge in [-0.25, -0.2) is 9.97 Å². The van der Waals surface area contributed by atoms with Crippen LogP contribution in [0.2, 0.25) is 0 Å². The van der Waals surface area contributed by atoms with E-state index >= 15 is 0 Å². The van der Waals surface area contributed by atoms with Crippen LogP contribution in [0, 0.1) is 12.8 Å². The van der Waals surface area contributed by atoms with Crippen molar-refractivity contribution in [2.75, 3.05) is 23.3 Å². The highest BCUT2D eigenvalue weighted by Crippen LogP contribution is 2.36. The van der Waals surface area contributed by atoms with Gasteiger partial charge in [-0.1, -0.05) is 13.8 Å². The average Bonchev–Trinajstić information content (AvgIpc) is 2.97. The highest BCUT2D eigenvalue weighted by atomic mass is 19.4. The summed E-state index contributed by atoms with van der Waals surface area (Å²) in [6.07, 6.45) is 1.19. The molecule has 1 unspecified atom stereocenters. The third-order valence-electron chi connectivity index (χ3n) is 5.54. The number of anilines is 2. The van der Waals surface area contributed by atoms with Gasteiger partial charge in [0.2, 0.25) is 0 Å². The van der Waals surface area contributed by atoms with Crippen LogP contribution in [-0.2, 0) is 6.18 Å². The fraction of sp³-hybridized carbons (Fsp3) is 0.455. The van der Waals surface area contributed by atoms with E-state index < -0.39 is 11.7 Å². The number of nitrogens with one attached hydrogen (secondary N) is 2. The van der Waals surface area contributed by atoms with Crippen molar-refractivity contribution in [2.45, 2.75) is 46.0 Å². The first-order chi connectivity index (χ1) is 15.2. The largest absolute Gasteiger partial charge is 0.419 e. The molecule has 2 aliphatic heterocycles. The zero-order chi connectivity index (χ0) is 22.9. The van der Waals surface area contributed by atoms with Gasteiger partial charge in [0.05, 0.1) is 23.7 Å². The Hall–Kier alpha value is -3.17. The molecule has 2 N–H and O–H groups in total. The predicted octanol–water partition coefficient (Wildman–Crippen LogP) is 4.15. The molecule has 0 bridgehead atoms. The van der Waals surface area contributed by atoms with Gasteiger partial charge in [-0.3, -0.25) is 9.98 Å². The second-order valence-corrected chi connectivity index (χ2v) is 8.29. The highest BCUT2D eigenvalue weighted by Gasteiger charge is 2.36. The van der Waals surface area contributed by atoms with Gasteiger partial charge in [-0.2, -0.15) is 13.2 Å². The minimum atomic E-state index is -4.46. The lowest BCUT2D eigenvalue weighted by molar-refractivity contribution is -0.137. The highest BCUT2D eigenvalue weighted by molar-refractivity contribution is 6.02. The molecule has 2 aromatic rings. The van der Waals surface area contributed by atoms with E-state index in [1.807, 2.05) is 6.92 Å². The maximum atomic E-state index is 13.5. The van der Waals surface area contributed by atoms with Gasteiger partial charge in [0.15, 0.2) is 0 Å². The topological polar surface area (TPSA) is 78.3 Å². The molecule has 0 amide bonds. The number of hydrogen-bond donors (Lipinski definition) is 2. The summed E-state index contributed by atoms with van der Waals surface area (Å²) in [4.78, 5) is 19.3. The van der Waals surface area contributed by atoms with E-state index in [4.69, 9.17) is 4.99 Å². The summed E-state index contributed by atoms with van der Waals surface area (Å²) in [7, 11) is 0. The first kappa shape index (κ1) is 22.0. The SMILES string of the molecule is Cc1cnc(NC2=C3CCN(c4ncccc4C(F)(F)F)CCC3=NC(C(C)C)N2)cn1. The molecule has 4 heterocycles. The Morgan fingerprint density at radius 3 is 2.59 bits per heavy atom. The average molecular weight is 445 g/mol. The van der Waals surface area contributed by atoms with Crippen LogP contribution in [-0.4, -0.2) is 39.9 Å². The smallest absolute Gasteiger partial charge is 0.355 e. The predicted molar refractivity (Wildman–Crippen MR) is 117 cm³/mol. The monoisotopic (exact) mass is 445 g/mol. The van der Waals surface area contributed by atoms with E-state index in [1.165, 1.54) is 12.3 Å². The van der Waals surface area contributed by atoms with Crippen LogP contribution < -0.4 is 15.5 Å². The second kappa shape index (κ2) is 8.76. The number of aliphatic imine (C=N–C) groups is 1. The lowest BCUT2D eigenvalue weighted by atomic mass is 10.0. The van der Waals surface area contributed by atoms with Gasteiger partial charge in [-0.05, 0) is 31.4 Å². The van der Waals surface area contributed by atoms with Crippen molar-refractivity contribution in [1.82, 2.24) is 20.3 Å². The Labute approximate surface area is 184 Å². The molecule has 2 aromatic heterocycles. The Balaban J connectivity index is 1.66. The Kier molecular flexibility index (Phi) is 6.03. The summed E-state index contributed by atoms with van der Waals surface area (Å²) in [6, 6.07) is 2.40. The minimum absolute atomic E-state index is 0.0351. The molecule has 0 aliphatic carbocycles. The van der Waals surface area contributed by atoms with Crippen LogP contribution in [0.15, 0.2) is 47.1 Å². The molecule has 0 saturated carbocycles. The number of hydrogen-bond acceptors (Lipinski definition) is 7.